The van der Waals surface area contributed by atoms with E-state index in [9.17, 15) is 4.79 Å². The first-order valence-corrected chi connectivity index (χ1v) is 7.55. The molecule has 1 fully saturated rings. The van der Waals surface area contributed by atoms with E-state index in [1.807, 2.05) is 24.4 Å². The van der Waals surface area contributed by atoms with Crippen LogP contribution in [0.15, 0.2) is 24.4 Å². The summed E-state index contributed by atoms with van der Waals surface area (Å²) in [5, 5.41) is 1.09. The number of likely N-dealkylation sites (N-methyl/N-ethyl adjacent to an activating group) is 1. The van der Waals surface area contributed by atoms with Crippen LogP contribution in [0.3, 0.4) is 0 Å². The minimum absolute atomic E-state index is 0.0144. The van der Waals surface area contributed by atoms with Crippen LogP contribution in [0.5, 0.6) is 5.75 Å². The fourth-order valence-corrected chi connectivity index (χ4v) is 2.70. The first kappa shape index (κ1) is 15.1. The number of hydrogen-bond acceptors (Lipinski definition) is 4. The number of nitrogens with zero attached hydrogens (tertiary/aromatic N) is 2. The Morgan fingerprint density at radius 2 is 2.18 bits per heavy atom. The number of benzene rings is 1. The van der Waals surface area contributed by atoms with Crippen molar-refractivity contribution in [2.75, 3.05) is 41.0 Å². The SMILES string of the molecule is COc1ccc2c(c1)c(CCN(C)C)cn2C(=O)C1COC1. The third-order valence-corrected chi connectivity index (χ3v) is 4.15. The Bertz CT molecular complexity index is 687. The number of carbonyl (C=O) groups excluding carboxylic acids is 1. The van der Waals surface area contributed by atoms with Crippen molar-refractivity contribution in [1.29, 1.82) is 0 Å². The molecule has 0 aliphatic carbocycles. The molecule has 1 aliphatic rings. The maximum Gasteiger partial charge on any atom is 0.238 e. The van der Waals surface area contributed by atoms with Crippen LogP contribution in [0.2, 0.25) is 0 Å². The van der Waals surface area contributed by atoms with Gasteiger partial charge in [-0.05, 0) is 44.3 Å². The van der Waals surface area contributed by atoms with Gasteiger partial charge < -0.3 is 14.4 Å². The lowest BCUT2D eigenvalue weighted by molar-refractivity contribution is -0.0235. The topological polar surface area (TPSA) is 43.7 Å². The van der Waals surface area contributed by atoms with E-state index in [4.69, 9.17) is 9.47 Å². The Hall–Kier alpha value is -1.85. The van der Waals surface area contributed by atoms with E-state index < -0.39 is 0 Å². The zero-order chi connectivity index (χ0) is 15.7. The van der Waals surface area contributed by atoms with E-state index in [2.05, 4.69) is 19.0 Å². The van der Waals surface area contributed by atoms with Crippen LogP contribution in [0, 0.1) is 5.92 Å². The fourth-order valence-electron chi connectivity index (χ4n) is 2.70. The van der Waals surface area contributed by atoms with Gasteiger partial charge in [0.05, 0.1) is 31.8 Å². The van der Waals surface area contributed by atoms with Crippen LogP contribution in [0.25, 0.3) is 10.9 Å². The molecule has 2 heterocycles. The van der Waals surface area contributed by atoms with Gasteiger partial charge in [-0.25, -0.2) is 0 Å². The van der Waals surface area contributed by atoms with Crippen molar-refractivity contribution in [3.8, 4) is 5.75 Å². The number of aromatic nitrogens is 1. The van der Waals surface area contributed by atoms with Crippen LogP contribution in [-0.2, 0) is 11.2 Å². The van der Waals surface area contributed by atoms with E-state index in [-0.39, 0.29) is 11.8 Å². The van der Waals surface area contributed by atoms with Crippen molar-refractivity contribution in [2.45, 2.75) is 6.42 Å². The highest BCUT2D eigenvalue weighted by Crippen LogP contribution is 2.28. The molecule has 0 atom stereocenters. The summed E-state index contributed by atoms with van der Waals surface area (Å²) in [5.41, 5.74) is 2.13. The summed E-state index contributed by atoms with van der Waals surface area (Å²) in [5.74, 6) is 0.924. The predicted molar refractivity (Wildman–Crippen MR) is 85.7 cm³/mol. The lowest BCUT2D eigenvalue weighted by atomic mass is 10.1. The number of fused-ring (bicyclic) bond motifs is 1. The Balaban J connectivity index is 2.02. The molecule has 0 radical (unpaired) electrons. The largest absolute Gasteiger partial charge is 0.497 e. The third-order valence-electron chi connectivity index (χ3n) is 4.15. The maximum absolute atomic E-state index is 12.6. The van der Waals surface area contributed by atoms with Crippen molar-refractivity contribution < 1.29 is 14.3 Å². The number of methoxy groups -OCH3 is 1. The number of rotatable bonds is 5. The molecule has 0 amide bonds. The van der Waals surface area contributed by atoms with Gasteiger partial charge in [0, 0.05) is 18.1 Å². The number of carbonyl (C=O) groups is 1. The highest BCUT2D eigenvalue weighted by Gasteiger charge is 2.29. The van der Waals surface area contributed by atoms with E-state index in [1.54, 1.807) is 11.7 Å². The first-order chi connectivity index (χ1) is 10.6. The third kappa shape index (κ3) is 2.74. The zero-order valence-electron chi connectivity index (χ0n) is 13.3. The van der Waals surface area contributed by atoms with E-state index in [0.29, 0.717) is 13.2 Å². The molecule has 5 heteroatoms. The molecule has 22 heavy (non-hydrogen) atoms. The van der Waals surface area contributed by atoms with Gasteiger partial charge in [-0.2, -0.15) is 0 Å². The van der Waals surface area contributed by atoms with Crippen LogP contribution < -0.4 is 4.74 Å². The van der Waals surface area contributed by atoms with Crippen molar-refractivity contribution in [3.05, 3.63) is 30.0 Å². The quantitative estimate of drug-likeness (QED) is 0.848. The molecule has 118 valence electrons. The van der Waals surface area contributed by atoms with Gasteiger partial charge >= 0.3 is 0 Å². The summed E-state index contributed by atoms with van der Waals surface area (Å²) in [6.45, 7) is 2.00. The molecule has 1 aliphatic heterocycles. The summed E-state index contributed by atoms with van der Waals surface area (Å²) >= 11 is 0. The van der Waals surface area contributed by atoms with E-state index >= 15 is 0 Å². The molecule has 0 unspecified atom stereocenters. The van der Waals surface area contributed by atoms with Crippen LogP contribution in [0.4, 0.5) is 0 Å². The summed E-state index contributed by atoms with van der Waals surface area (Å²) < 4.78 is 12.3. The second-order valence-corrected chi connectivity index (χ2v) is 6.03. The van der Waals surface area contributed by atoms with Crippen LogP contribution in [0.1, 0.15) is 10.4 Å². The maximum atomic E-state index is 12.6. The Labute approximate surface area is 130 Å². The first-order valence-electron chi connectivity index (χ1n) is 7.55. The Morgan fingerprint density at radius 3 is 2.77 bits per heavy atom. The van der Waals surface area contributed by atoms with Crippen LogP contribution in [-0.4, -0.2) is 56.3 Å². The van der Waals surface area contributed by atoms with Crippen molar-refractivity contribution >= 4 is 16.8 Å². The van der Waals surface area contributed by atoms with E-state index in [1.165, 1.54) is 5.56 Å². The van der Waals surface area contributed by atoms with Gasteiger partial charge in [0.25, 0.3) is 0 Å². The molecule has 0 bridgehead atoms. The summed E-state index contributed by atoms with van der Waals surface area (Å²) in [4.78, 5) is 14.7. The average Bonchev–Trinajstić information content (AvgIpc) is 2.81. The number of ether oxygens (including phenoxy) is 2. The monoisotopic (exact) mass is 302 g/mol. The zero-order valence-corrected chi connectivity index (χ0v) is 13.3. The molecular weight excluding hydrogens is 280 g/mol. The summed E-state index contributed by atoms with van der Waals surface area (Å²) in [7, 11) is 5.77. The molecule has 1 aromatic heterocycles. The molecule has 0 spiro atoms. The lowest BCUT2D eigenvalue weighted by Gasteiger charge is -2.24. The van der Waals surface area contributed by atoms with Gasteiger partial charge in [-0.1, -0.05) is 0 Å². The molecule has 1 saturated heterocycles. The second kappa shape index (κ2) is 6.10. The smallest absolute Gasteiger partial charge is 0.238 e. The van der Waals surface area contributed by atoms with Crippen LogP contribution >= 0.6 is 0 Å². The van der Waals surface area contributed by atoms with Gasteiger partial charge in [-0.15, -0.1) is 0 Å². The molecular formula is C17H22N2O3. The normalized spacial score (nSPS) is 15.3. The molecule has 5 nitrogen and oxygen atoms in total. The predicted octanol–water partition coefficient (Wildman–Crippen LogP) is 2.04. The van der Waals surface area contributed by atoms with Gasteiger partial charge in [0.1, 0.15) is 5.75 Å². The molecule has 3 rings (SSSR count). The summed E-state index contributed by atoms with van der Waals surface area (Å²) in [6.07, 6.45) is 2.88. The van der Waals surface area contributed by atoms with Crippen molar-refractivity contribution in [2.24, 2.45) is 5.92 Å². The molecule has 0 saturated carbocycles. The molecule has 0 N–H and O–H groups in total. The van der Waals surface area contributed by atoms with Gasteiger partial charge in [0.2, 0.25) is 5.91 Å². The minimum atomic E-state index is -0.0144. The fraction of sp³-hybridized carbons (Fsp3) is 0.471. The standard InChI is InChI=1S/C17H22N2O3/c1-18(2)7-6-12-9-19(17(20)13-10-22-11-13)16-5-4-14(21-3)8-15(12)16/h4-5,8-9,13H,6-7,10-11H2,1-3H3. The Morgan fingerprint density at radius 1 is 1.41 bits per heavy atom. The Kier molecular flexibility index (Phi) is 4.18. The number of hydrogen-bond donors (Lipinski definition) is 0. The van der Waals surface area contributed by atoms with Gasteiger partial charge in [-0.3, -0.25) is 9.36 Å². The highest BCUT2D eigenvalue weighted by molar-refractivity contribution is 5.96. The second-order valence-electron chi connectivity index (χ2n) is 6.03. The lowest BCUT2D eigenvalue weighted by Crippen LogP contribution is -2.37. The van der Waals surface area contributed by atoms with Crippen molar-refractivity contribution in [3.63, 3.8) is 0 Å². The average molecular weight is 302 g/mol. The van der Waals surface area contributed by atoms with Crippen molar-refractivity contribution in [1.82, 2.24) is 9.47 Å². The molecule has 2 aromatic rings. The summed E-state index contributed by atoms with van der Waals surface area (Å²) in [6, 6.07) is 5.88. The van der Waals surface area contributed by atoms with Gasteiger partial charge in [0.15, 0.2) is 0 Å². The minimum Gasteiger partial charge on any atom is -0.497 e. The molecule has 1 aromatic carbocycles. The van der Waals surface area contributed by atoms with E-state index in [0.717, 1.165) is 29.6 Å². The highest BCUT2D eigenvalue weighted by atomic mass is 16.5.